The van der Waals surface area contributed by atoms with Gasteiger partial charge in [-0.3, -0.25) is 0 Å². The molecule has 6 heteroatoms. The van der Waals surface area contributed by atoms with Gasteiger partial charge >= 0.3 is 6.09 Å². The number of amides is 1. The maximum Gasteiger partial charge on any atom is 0.407 e. The van der Waals surface area contributed by atoms with Gasteiger partial charge in [-0.1, -0.05) is 17.7 Å². The van der Waals surface area contributed by atoms with E-state index >= 15 is 0 Å². The Balaban J connectivity index is 1.86. The standard InChI is InChI=1S/C17H24ClFN2O2/c1-17(2,3)23-16(22)21-15-6-4-5-14(15)20-10-11-7-8-12(18)13(19)9-11/h7-9,14-15,20H,4-6,10H2,1-3H3,(H,21,22). The highest BCUT2D eigenvalue weighted by Gasteiger charge is 2.29. The van der Waals surface area contributed by atoms with Crippen LogP contribution < -0.4 is 10.6 Å². The van der Waals surface area contributed by atoms with Crippen molar-refractivity contribution < 1.29 is 13.9 Å². The fraction of sp³-hybridized carbons (Fsp3) is 0.588. The second-order valence-corrected chi connectivity index (χ2v) is 7.33. The molecule has 2 N–H and O–H groups in total. The molecule has 128 valence electrons. The minimum absolute atomic E-state index is 0.0296. The molecule has 0 bridgehead atoms. The SMILES string of the molecule is CC(C)(C)OC(=O)NC1CCCC1NCc1ccc(Cl)c(F)c1. The van der Waals surface area contributed by atoms with Crippen molar-refractivity contribution in [2.75, 3.05) is 0 Å². The van der Waals surface area contributed by atoms with E-state index in [1.807, 2.05) is 20.8 Å². The first kappa shape index (κ1) is 18.0. The summed E-state index contributed by atoms with van der Waals surface area (Å²) in [5, 5.41) is 6.43. The molecular formula is C17H24ClFN2O2. The number of carbonyl (C=O) groups excluding carboxylic acids is 1. The van der Waals surface area contributed by atoms with Crippen molar-refractivity contribution in [1.82, 2.24) is 10.6 Å². The molecule has 1 aliphatic rings. The summed E-state index contributed by atoms with van der Waals surface area (Å²) in [5.41, 5.74) is 0.321. The second-order valence-electron chi connectivity index (χ2n) is 6.92. The Hall–Kier alpha value is -1.33. The van der Waals surface area contributed by atoms with Gasteiger partial charge in [-0.15, -0.1) is 0 Å². The predicted molar refractivity (Wildman–Crippen MR) is 89.0 cm³/mol. The van der Waals surface area contributed by atoms with E-state index < -0.39 is 17.5 Å². The van der Waals surface area contributed by atoms with Crippen molar-refractivity contribution in [2.45, 2.75) is 64.3 Å². The fourth-order valence-electron chi connectivity index (χ4n) is 2.73. The number of alkyl carbamates (subject to hydrolysis) is 1. The third-order valence-electron chi connectivity index (χ3n) is 3.77. The third kappa shape index (κ3) is 5.66. The topological polar surface area (TPSA) is 50.4 Å². The quantitative estimate of drug-likeness (QED) is 0.869. The van der Waals surface area contributed by atoms with Gasteiger partial charge in [-0.05, 0) is 57.7 Å². The Morgan fingerprint density at radius 2 is 2.04 bits per heavy atom. The van der Waals surface area contributed by atoms with Crippen molar-refractivity contribution >= 4 is 17.7 Å². The minimum atomic E-state index is -0.507. The first-order valence-corrected chi connectivity index (χ1v) is 8.29. The van der Waals surface area contributed by atoms with E-state index in [2.05, 4.69) is 10.6 Å². The van der Waals surface area contributed by atoms with Gasteiger partial charge in [0.25, 0.3) is 0 Å². The van der Waals surface area contributed by atoms with Crippen LogP contribution in [0.2, 0.25) is 5.02 Å². The Bertz CT molecular complexity index is 560. The molecule has 1 amide bonds. The average Bonchev–Trinajstić information content (AvgIpc) is 2.85. The van der Waals surface area contributed by atoms with Crippen LogP contribution in [0, 0.1) is 5.82 Å². The van der Waals surface area contributed by atoms with Crippen LogP contribution in [0.15, 0.2) is 18.2 Å². The molecule has 0 spiro atoms. The Morgan fingerprint density at radius 1 is 1.35 bits per heavy atom. The van der Waals surface area contributed by atoms with E-state index in [0.29, 0.717) is 6.54 Å². The van der Waals surface area contributed by atoms with Gasteiger partial charge in [0.15, 0.2) is 0 Å². The lowest BCUT2D eigenvalue weighted by Crippen LogP contribution is -2.47. The Kier molecular flexibility index (Phi) is 5.87. The van der Waals surface area contributed by atoms with E-state index in [9.17, 15) is 9.18 Å². The number of hydrogen-bond donors (Lipinski definition) is 2. The van der Waals surface area contributed by atoms with Gasteiger partial charge in [0.05, 0.1) is 5.02 Å². The molecule has 0 heterocycles. The smallest absolute Gasteiger partial charge is 0.407 e. The normalized spacial score (nSPS) is 21.3. The predicted octanol–water partition coefficient (Wildman–Crippen LogP) is 4.01. The first-order chi connectivity index (χ1) is 10.7. The van der Waals surface area contributed by atoms with Crippen LogP contribution in [0.5, 0.6) is 0 Å². The van der Waals surface area contributed by atoms with Crippen molar-refractivity contribution in [1.29, 1.82) is 0 Å². The number of hydrogen-bond acceptors (Lipinski definition) is 3. The van der Waals surface area contributed by atoms with Crippen LogP contribution in [-0.4, -0.2) is 23.8 Å². The van der Waals surface area contributed by atoms with E-state index in [-0.39, 0.29) is 17.1 Å². The van der Waals surface area contributed by atoms with Gasteiger partial charge in [0, 0.05) is 18.6 Å². The van der Waals surface area contributed by atoms with Gasteiger partial charge < -0.3 is 15.4 Å². The third-order valence-corrected chi connectivity index (χ3v) is 4.08. The van der Waals surface area contributed by atoms with Crippen molar-refractivity contribution in [3.63, 3.8) is 0 Å². The lowest BCUT2D eigenvalue weighted by atomic mass is 10.1. The molecular weight excluding hydrogens is 319 g/mol. The van der Waals surface area contributed by atoms with Gasteiger partial charge in [0.2, 0.25) is 0 Å². The average molecular weight is 343 g/mol. The van der Waals surface area contributed by atoms with E-state index in [4.69, 9.17) is 16.3 Å². The van der Waals surface area contributed by atoms with Gasteiger partial charge in [0.1, 0.15) is 11.4 Å². The number of benzene rings is 1. The van der Waals surface area contributed by atoms with Crippen molar-refractivity contribution in [2.24, 2.45) is 0 Å². The number of carbonyl (C=O) groups is 1. The Labute approximate surface area is 141 Å². The monoisotopic (exact) mass is 342 g/mol. The lowest BCUT2D eigenvalue weighted by Gasteiger charge is -2.25. The van der Waals surface area contributed by atoms with Gasteiger partial charge in [-0.2, -0.15) is 0 Å². The highest BCUT2D eigenvalue weighted by atomic mass is 35.5. The summed E-state index contributed by atoms with van der Waals surface area (Å²) in [6.07, 6.45) is 2.52. The summed E-state index contributed by atoms with van der Waals surface area (Å²) in [4.78, 5) is 11.9. The number of rotatable bonds is 4. The molecule has 1 aliphatic carbocycles. The molecule has 1 aromatic rings. The molecule has 1 aromatic carbocycles. The molecule has 2 unspecified atom stereocenters. The fourth-order valence-corrected chi connectivity index (χ4v) is 2.85. The van der Waals surface area contributed by atoms with Crippen molar-refractivity contribution in [3.05, 3.63) is 34.6 Å². The zero-order chi connectivity index (χ0) is 17.0. The molecule has 4 nitrogen and oxygen atoms in total. The summed E-state index contributed by atoms with van der Waals surface area (Å²) in [6, 6.07) is 4.96. The second kappa shape index (κ2) is 7.49. The van der Waals surface area contributed by atoms with Crippen LogP contribution in [-0.2, 0) is 11.3 Å². The molecule has 0 aliphatic heterocycles. The van der Waals surface area contributed by atoms with E-state index in [1.54, 1.807) is 12.1 Å². The van der Waals surface area contributed by atoms with Crippen molar-refractivity contribution in [3.8, 4) is 0 Å². The summed E-state index contributed by atoms with van der Waals surface area (Å²) in [7, 11) is 0. The molecule has 23 heavy (non-hydrogen) atoms. The molecule has 2 rings (SSSR count). The minimum Gasteiger partial charge on any atom is -0.444 e. The highest BCUT2D eigenvalue weighted by molar-refractivity contribution is 6.30. The summed E-state index contributed by atoms with van der Waals surface area (Å²) >= 11 is 5.68. The maximum atomic E-state index is 13.5. The number of halogens is 2. The summed E-state index contributed by atoms with van der Waals surface area (Å²) in [5.74, 6) is -0.416. The summed E-state index contributed by atoms with van der Waals surface area (Å²) < 4.78 is 18.8. The largest absolute Gasteiger partial charge is 0.444 e. The molecule has 1 fully saturated rings. The molecule has 0 saturated heterocycles. The van der Waals surface area contributed by atoms with Crippen LogP contribution >= 0.6 is 11.6 Å². The zero-order valence-electron chi connectivity index (χ0n) is 13.8. The van der Waals surface area contributed by atoms with E-state index in [1.165, 1.54) is 6.07 Å². The van der Waals surface area contributed by atoms with Gasteiger partial charge in [-0.25, -0.2) is 9.18 Å². The number of ether oxygens (including phenoxy) is 1. The Morgan fingerprint density at radius 3 is 2.70 bits per heavy atom. The van der Waals surface area contributed by atoms with Crippen LogP contribution in [0.4, 0.5) is 9.18 Å². The van der Waals surface area contributed by atoms with Crippen LogP contribution in [0.25, 0.3) is 0 Å². The molecule has 1 saturated carbocycles. The van der Waals surface area contributed by atoms with Crippen LogP contribution in [0.3, 0.4) is 0 Å². The molecule has 2 atom stereocenters. The number of nitrogens with one attached hydrogen (secondary N) is 2. The lowest BCUT2D eigenvalue weighted by molar-refractivity contribution is 0.0498. The molecule has 0 radical (unpaired) electrons. The van der Waals surface area contributed by atoms with E-state index in [0.717, 1.165) is 24.8 Å². The first-order valence-electron chi connectivity index (χ1n) is 7.91. The highest BCUT2D eigenvalue weighted by Crippen LogP contribution is 2.21. The summed E-state index contributed by atoms with van der Waals surface area (Å²) in [6.45, 7) is 6.05. The molecule has 0 aromatic heterocycles. The maximum absolute atomic E-state index is 13.5. The zero-order valence-corrected chi connectivity index (χ0v) is 14.5. The van der Waals surface area contributed by atoms with Crippen LogP contribution in [0.1, 0.15) is 45.6 Å².